The van der Waals surface area contributed by atoms with Gasteiger partial charge < -0.3 is 0 Å². The third-order valence-corrected chi connectivity index (χ3v) is 1.99. The molecule has 0 unspecified atom stereocenters. The predicted octanol–water partition coefficient (Wildman–Crippen LogP) is 3.43. The topological polar surface area (TPSA) is 12.0 Å². The fraction of sp³-hybridized carbons (Fsp3) is 0.400. The number of rotatable bonds is 3. The summed E-state index contributed by atoms with van der Waals surface area (Å²) in [5.74, 6) is -12.4. The molecular weight excluding hydrogens is 267 g/mol. The number of alkyl halides is 2. The van der Waals surface area contributed by atoms with Crippen molar-refractivity contribution in [3.8, 4) is 0 Å². The van der Waals surface area contributed by atoms with Crippen molar-refractivity contribution in [1.82, 2.24) is 5.32 Å². The maximum absolute atomic E-state index is 13.4. The standard InChI is InChI=1S/C10H8F7N/c1-3(2)18-10(16,17)4-5(11)7(13)9(15)8(14)6(4)12/h3,18H,1-2H3. The summed E-state index contributed by atoms with van der Waals surface area (Å²) in [6, 6.07) is -5.31. The summed E-state index contributed by atoms with van der Waals surface area (Å²) in [5.41, 5.74) is -2.19. The average molecular weight is 275 g/mol. The van der Waals surface area contributed by atoms with Crippen LogP contribution < -0.4 is 5.32 Å². The second kappa shape index (κ2) is 4.75. The Balaban J connectivity index is 3.50. The van der Waals surface area contributed by atoms with E-state index in [0.717, 1.165) is 0 Å². The predicted molar refractivity (Wildman–Crippen MR) is 48.4 cm³/mol. The van der Waals surface area contributed by atoms with Crippen molar-refractivity contribution in [3.63, 3.8) is 0 Å². The van der Waals surface area contributed by atoms with E-state index in [0.29, 0.717) is 0 Å². The van der Waals surface area contributed by atoms with Gasteiger partial charge in [-0.05, 0) is 13.8 Å². The first-order chi connectivity index (χ1) is 8.09. The van der Waals surface area contributed by atoms with E-state index in [1.54, 1.807) is 0 Å². The zero-order valence-corrected chi connectivity index (χ0v) is 9.22. The second-order valence-corrected chi connectivity index (χ2v) is 3.82. The molecule has 1 N–H and O–H groups in total. The Hall–Kier alpha value is -1.31. The summed E-state index contributed by atoms with van der Waals surface area (Å²) in [7, 11) is 0. The SMILES string of the molecule is CC(C)NC(F)(F)c1c(F)c(F)c(F)c(F)c1F. The molecule has 18 heavy (non-hydrogen) atoms. The molecule has 0 radical (unpaired) electrons. The zero-order valence-electron chi connectivity index (χ0n) is 9.22. The fourth-order valence-corrected chi connectivity index (χ4v) is 1.32. The Kier molecular flexibility index (Phi) is 3.89. The minimum Gasteiger partial charge on any atom is -0.252 e. The molecule has 0 bridgehead atoms. The van der Waals surface area contributed by atoms with Crippen LogP contribution in [0.15, 0.2) is 0 Å². The van der Waals surface area contributed by atoms with Crippen LogP contribution in [0.25, 0.3) is 0 Å². The summed E-state index contributed by atoms with van der Waals surface area (Å²) in [6.45, 7) is 2.44. The second-order valence-electron chi connectivity index (χ2n) is 3.82. The number of nitrogens with one attached hydrogen (secondary N) is 1. The molecule has 0 aliphatic carbocycles. The highest BCUT2D eigenvalue weighted by atomic mass is 19.3. The van der Waals surface area contributed by atoms with E-state index in [2.05, 4.69) is 0 Å². The van der Waals surface area contributed by atoms with Crippen molar-refractivity contribution in [2.45, 2.75) is 25.9 Å². The molecule has 0 fully saturated rings. The van der Waals surface area contributed by atoms with Crippen LogP contribution >= 0.6 is 0 Å². The van der Waals surface area contributed by atoms with Gasteiger partial charge in [-0.1, -0.05) is 0 Å². The molecule has 0 heterocycles. The van der Waals surface area contributed by atoms with Crippen LogP contribution in [-0.2, 0) is 6.05 Å². The molecule has 0 aromatic heterocycles. The third kappa shape index (κ3) is 2.43. The smallest absolute Gasteiger partial charge is 0.252 e. The van der Waals surface area contributed by atoms with Gasteiger partial charge in [-0.3, -0.25) is 5.32 Å². The molecule has 1 aromatic rings. The van der Waals surface area contributed by atoms with Gasteiger partial charge in [0.2, 0.25) is 5.82 Å². The monoisotopic (exact) mass is 275 g/mol. The molecule has 0 aliphatic heterocycles. The number of hydrogen-bond acceptors (Lipinski definition) is 1. The molecule has 1 aromatic carbocycles. The van der Waals surface area contributed by atoms with Gasteiger partial charge in [0.1, 0.15) is 5.56 Å². The largest absolute Gasteiger partial charge is 0.335 e. The van der Waals surface area contributed by atoms with Gasteiger partial charge in [0, 0.05) is 6.04 Å². The molecular formula is C10H8F7N. The lowest BCUT2D eigenvalue weighted by atomic mass is 10.1. The first-order valence-corrected chi connectivity index (χ1v) is 4.77. The van der Waals surface area contributed by atoms with E-state index in [1.807, 2.05) is 0 Å². The van der Waals surface area contributed by atoms with Crippen molar-refractivity contribution < 1.29 is 30.7 Å². The minimum atomic E-state index is -4.38. The highest BCUT2D eigenvalue weighted by Gasteiger charge is 2.42. The van der Waals surface area contributed by atoms with E-state index in [1.165, 1.54) is 19.2 Å². The summed E-state index contributed by atoms with van der Waals surface area (Å²) in [5, 5.41) is 1.42. The molecule has 0 amide bonds. The molecule has 0 saturated heterocycles. The number of benzene rings is 1. The maximum atomic E-state index is 13.4. The van der Waals surface area contributed by atoms with Crippen LogP contribution in [0.1, 0.15) is 19.4 Å². The Morgan fingerprint density at radius 1 is 0.778 bits per heavy atom. The van der Waals surface area contributed by atoms with E-state index in [-0.39, 0.29) is 0 Å². The van der Waals surface area contributed by atoms with E-state index in [9.17, 15) is 30.7 Å². The molecule has 0 saturated carbocycles. The summed E-state index contributed by atoms with van der Waals surface area (Å²) in [6.07, 6.45) is 0. The highest BCUT2D eigenvalue weighted by molar-refractivity contribution is 5.27. The fourth-order valence-electron chi connectivity index (χ4n) is 1.32. The average Bonchev–Trinajstić information content (AvgIpc) is 2.21. The number of hydrogen-bond donors (Lipinski definition) is 1. The van der Waals surface area contributed by atoms with Crippen molar-refractivity contribution >= 4 is 0 Å². The van der Waals surface area contributed by atoms with Crippen LogP contribution in [-0.4, -0.2) is 6.04 Å². The quantitative estimate of drug-likeness (QED) is 0.386. The Bertz CT molecular complexity index is 441. The molecule has 0 aliphatic rings. The van der Waals surface area contributed by atoms with Crippen molar-refractivity contribution in [1.29, 1.82) is 0 Å². The van der Waals surface area contributed by atoms with Crippen molar-refractivity contribution in [3.05, 3.63) is 34.6 Å². The van der Waals surface area contributed by atoms with Gasteiger partial charge in [0.25, 0.3) is 0 Å². The molecule has 1 nitrogen and oxygen atoms in total. The summed E-state index contributed by atoms with van der Waals surface area (Å²) in [4.78, 5) is 0. The lowest BCUT2D eigenvalue weighted by Crippen LogP contribution is -2.40. The van der Waals surface area contributed by atoms with Crippen molar-refractivity contribution in [2.75, 3.05) is 0 Å². The Labute approximate surface area is 97.6 Å². The molecule has 1 rings (SSSR count). The van der Waals surface area contributed by atoms with Crippen LogP contribution in [0.2, 0.25) is 0 Å². The lowest BCUT2D eigenvalue weighted by molar-refractivity contribution is -0.0560. The van der Waals surface area contributed by atoms with Gasteiger partial charge in [-0.2, -0.15) is 8.78 Å². The number of halogens is 7. The molecule has 8 heteroatoms. The van der Waals surface area contributed by atoms with Crippen LogP contribution in [0.4, 0.5) is 30.7 Å². The zero-order chi connectivity index (χ0) is 14.2. The van der Waals surface area contributed by atoms with Crippen molar-refractivity contribution in [2.24, 2.45) is 0 Å². The Morgan fingerprint density at radius 3 is 1.44 bits per heavy atom. The van der Waals surface area contributed by atoms with Crippen LogP contribution in [0, 0.1) is 29.1 Å². The highest BCUT2D eigenvalue weighted by Crippen LogP contribution is 2.33. The van der Waals surface area contributed by atoms with Gasteiger partial charge >= 0.3 is 6.05 Å². The van der Waals surface area contributed by atoms with Crippen LogP contribution in [0.5, 0.6) is 0 Å². The minimum absolute atomic E-state index is 0.935. The van der Waals surface area contributed by atoms with Gasteiger partial charge in [0.05, 0.1) is 0 Å². The van der Waals surface area contributed by atoms with E-state index in [4.69, 9.17) is 0 Å². The van der Waals surface area contributed by atoms with Gasteiger partial charge in [0.15, 0.2) is 23.3 Å². The normalized spacial score (nSPS) is 12.3. The van der Waals surface area contributed by atoms with Gasteiger partial charge in [-0.25, -0.2) is 22.0 Å². The molecule has 0 spiro atoms. The van der Waals surface area contributed by atoms with Gasteiger partial charge in [-0.15, -0.1) is 0 Å². The molecule has 102 valence electrons. The first kappa shape index (κ1) is 14.7. The first-order valence-electron chi connectivity index (χ1n) is 4.77. The maximum Gasteiger partial charge on any atom is 0.335 e. The van der Waals surface area contributed by atoms with E-state index >= 15 is 0 Å². The molecule has 0 atom stereocenters. The Morgan fingerprint density at radius 2 is 1.11 bits per heavy atom. The van der Waals surface area contributed by atoms with Crippen LogP contribution in [0.3, 0.4) is 0 Å². The lowest BCUT2D eigenvalue weighted by Gasteiger charge is -2.22. The third-order valence-electron chi connectivity index (χ3n) is 1.99. The summed E-state index contributed by atoms with van der Waals surface area (Å²) < 4.78 is 91.1. The van der Waals surface area contributed by atoms with E-state index < -0.39 is 46.7 Å². The summed E-state index contributed by atoms with van der Waals surface area (Å²) >= 11 is 0.